The van der Waals surface area contributed by atoms with E-state index in [0.29, 0.717) is 6.04 Å². The number of nitrogens with one attached hydrogen (secondary N) is 2. The van der Waals surface area contributed by atoms with Gasteiger partial charge in [-0.2, -0.15) is 5.48 Å². The molecule has 0 amide bonds. The molecule has 1 unspecified atom stereocenters. The maximum Gasteiger partial charge on any atom is 0.147 e. The summed E-state index contributed by atoms with van der Waals surface area (Å²) in [4.78, 5) is 16.5. The molecular formula is C21H26N4O. The Labute approximate surface area is 154 Å². The fourth-order valence-electron chi connectivity index (χ4n) is 3.62. The molecule has 2 atom stereocenters. The first-order chi connectivity index (χ1) is 12.7. The van der Waals surface area contributed by atoms with Crippen LogP contribution in [0.1, 0.15) is 37.2 Å². The van der Waals surface area contributed by atoms with E-state index in [1.807, 2.05) is 24.3 Å². The van der Waals surface area contributed by atoms with Gasteiger partial charge in [-0.15, -0.1) is 0 Å². The second-order valence-electron chi connectivity index (χ2n) is 7.08. The van der Waals surface area contributed by atoms with Crippen molar-refractivity contribution in [3.05, 3.63) is 59.9 Å². The number of H-pyrrole nitrogens is 1. The molecule has 26 heavy (non-hydrogen) atoms. The number of hydrogen-bond donors (Lipinski definition) is 2. The quantitative estimate of drug-likeness (QED) is 0.687. The molecule has 1 aliphatic rings. The fourth-order valence-corrected chi connectivity index (χ4v) is 3.62. The van der Waals surface area contributed by atoms with Gasteiger partial charge in [-0.05, 0) is 56.1 Å². The number of imidazole rings is 1. The number of aromatic amines is 1. The molecule has 2 aromatic carbocycles. The van der Waals surface area contributed by atoms with Crippen LogP contribution in [0.25, 0.3) is 11.0 Å². The summed E-state index contributed by atoms with van der Waals surface area (Å²) in [6.45, 7) is 3.17. The monoisotopic (exact) mass is 350 g/mol. The van der Waals surface area contributed by atoms with Crippen LogP contribution in [0.15, 0.2) is 48.5 Å². The van der Waals surface area contributed by atoms with Gasteiger partial charge < -0.3 is 9.82 Å². The Bertz CT molecular complexity index is 842. The second-order valence-corrected chi connectivity index (χ2v) is 7.08. The molecule has 0 bridgehead atoms. The average Bonchev–Trinajstić information content (AvgIpc) is 3.11. The summed E-state index contributed by atoms with van der Waals surface area (Å²) < 4.78 is 0. The molecule has 5 nitrogen and oxygen atoms in total. The topological polar surface area (TPSA) is 53.2 Å². The minimum absolute atomic E-state index is 0.263. The summed E-state index contributed by atoms with van der Waals surface area (Å²) in [5, 5.41) is 0. The molecule has 1 aromatic heterocycles. The Morgan fingerprint density at radius 2 is 2.12 bits per heavy atom. The molecule has 136 valence electrons. The van der Waals surface area contributed by atoms with Crippen molar-refractivity contribution in [2.24, 2.45) is 0 Å². The highest BCUT2D eigenvalue weighted by molar-refractivity contribution is 5.74. The van der Waals surface area contributed by atoms with Crippen LogP contribution in [-0.4, -0.2) is 34.5 Å². The fraction of sp³-hybridized carbons (Fsp3) is 0.381. The molecule has 1 fully saturated rings. The first-order valence-electron chi connectivity index (χ1n) is 9.39. The number of fused-ring (bicyclic) bond motifs is 1. The lowest BCUT2D eigenvalue weighted by atomic mass is 9.98. The lowest BCUT2D eigenvalue weighted by Gasteiger charge is -2.36. The summed E-state index contributed by atoms with van der Waals surface area (Å²) in [6.07, 6.45) is 3.03. The molecule has 0 radical (unpaired) electrons. The second kappa shape index (κ2) is 7.48. The molecule has 4 rings (SSSR count). The lowest BCUT2D eigenvalue weighted by Crippen LogP contribution is -2.44. The number of hydroxylamine groups is 1. The van der Waals surface area contributed by atoms with Crippen molar-refractivity contribution in [3.63, 3.8) is 0 Å². The van der Waals surface area contributed by atoms with Crippen LogP contribution in [0.3, 0.4) is 0 Å². The highest BCUT2D eigenvalue weighted by Gasteiger charge is 2.29. The number of para-hydroxylation sites is 2. The van der Waals surface area contributed by atoms with E-state index in [1.165, 1.54) is 5.56 Å². The molecule has 3 aromatic rings. The normalized spacial score (nSPS) is 21.2. The zero-order valence-electron chi connectivity index (χ0n) is 15.4. The highest BCUT2D eigenvalue weighted by Crippen LogP contribution is 2.29. The van der Waals surface area contributed by atoms with Crippen LogP contribution in [0, 0.1) is 0 Å². The minimum Gasteiger partial charge on any atom is -0.408 e. The maximum atomic E-state index is 5.87. The van der Waals surface area contributed by atoms with E-state index in [9.17, 15) is 0 Å². The van der Waals surface area contributed by atoms with E-state index in [-0.39, 0.29) is 6.04 Å². The standard InChI is InChI=1S/C21H26N4O/c1-3-15-7-6-8-17(13-15)26-24-16-11-12-25(2)20(14-16)21-22-18-9-4-5-10-19(18)23-21/h4-10,13,16,20,24H,3,11-12,14H2,1-2H3,(H,22,23)/t16-,20?/m1/s1. The van der Waals surface area contributed by atoms with Crippen molar-refractivity contribution in [2.45, 2.75) is 38.3 Å². The Morgan fingerprint density at radius 1 is 1.23 bits per heavy atom. The van der Waals surface area contributed by atoms with E-state index >= 15 is 0 Å². The van der Waals surface area contributed by atoms with Gasteiger partial charge in [-0.25, -0.2) is 4.98 Å². The number of benzene rings is 2. The van der Waals surface area contributed by atoms with Gasteiger partial charge in [-0.1, -0.05) is 31.2 Å². The molecule has 2 N–H and O–H groups in total. The van der Waals surface area contributed by atoms with Crippen LogP contribution in [0.5, 0.6) is 5.75 Å². The van der Waals surface area contributed by atoms with Crippen molar-refractivity contribution >= 4 is 11.0 Å². The van der Waals surface area contributed by atoms with Crippen molar-refractivity contribution in [3.8, 4) is 5.75 Å². The smallest absolute Gasteiger partial charge is 0.147 e. The maximum absolute atomic E-state index is 5.87. The summed E-state index contributed by atoms with van der Waals surface area (Å²) in [5.74, 6) is 1.91. The van der Waals surface area contributed by atoms with Crippen LogP contribution < -0.4 is 10.3 Å². The van der Waals surface area contributed by atoms with Crippen molar-refractivity contribution in [1.82, 2.24) is 20.3 Å². The van der Waals surface area contributed by atoms with Crippen molar-refractivity contribution in [2.75, 3.05) is 13.6 Å². The SMILES string of the molecule is CCc1cccc(ON[C@@H]2CCN(C)C(c3nc4ccccc4[nH]3)C2)c1. The Hall–Kier alpha value is -2.37. The molecule has 0 saturated carbocycles. The van der Waals surface area contributed by atoms with Crippen LogP contribution >= 0.6 is 0 Å². The zero-order chi connectivity index (χ0) is 17.9. The summed E-state index contributed by atoms with van der Waals surface area (Å²) >= 11 is 0. The number of nitrogens with zero attached hydrogens (tertiary/aromatic N) is 2. The van der Waals surface area contributed by atoms with Gasteiger partial charge in [-0.3, -0.25) is 4.90 Å². The summed E-state index contributed by atoms with van der Waals surface area (Å²) in [6, 6.07) is 17.0. The van der Waals surface area contributed by atoms with Gasteiger partial charge in [0.15, 0.2) is 0 Å². The molecular weight excluding hydrogens is 324 g/mol. The Balaban J connectivity index is 1.44. The van der Waals surface area contributed by atoms with E-state index in [2.05, 4.69) is 53.6 Å². The third-order valence-electron chi connectivity index (χ3n) is 5.24. The van der Waals surface area contributed by atoms with Crippen molar-refractivity contribution in [1.29, 1.82) is 0 Å². The van der Waals surface area contributed by atoms with Gasteiger partial charge >= 0.3 is 0 Å². The van der Waals surface area contributed by atoms with E-state index < -0.39 is 0 Å². The highest BCUT2D eigenvalue weighted by atomic mass is 16.6. The minimum atomic E-state index is 0.263. The molecule has 1 aliphatic heterocycles. The first kappa shape index (κ1) is 17.1. The predicted octanol–water partition coefficient (Wildman–Crippen LogP) is 3.84. The summed E-state index contributed by atoms with van der Waals surface area (Å²) in [7, 11) is 2.17. The number of rotatable bonds is 5. The van der Waals surface area contributed by atoms with E-state index in [4.69, 9.17) is 9.82 Å². The number of hydrogen-bond acceptors (Lipinski definition) is 4. The number of aromatic nitrogens is 2. The van der Waals surface area contributed by atoms with E-state index in [1.54, 1.807) is 0 Å². The van der Waals surface area contributed by atoms with Gasteiger partial charge in [0.25, 0.3) is 0 Å². The number of likely N-dealkylation sites (tertiary alicyclic amines) is 1. The third-order valence-corrected chi connectivity index (χ3v) is 5.24. The van der Waals surface area contributed by atoms with Gasteiger partial charge in [0.1, 0.15) is 11.6 Å². The van der Waals surface area contributed by atoms with Crippen LogP contribution in [0.4, 0.5) is 0 Å². The lowest BCUT2D eigenvalue weighted by molar-refractivity contribution is 0.0788. The average molecular weight is 350 g/mol. The third kappa shape index (κ3) is 3.59. The van der Waals surface area contributed by atoms with Crippen LogP contribution in [-0.2, 0) is 6.42 Å². The van der Waals surface area contributed by atoms with Gasteiger partial charge in [0.2, 0.25) is 0 Å². The molecule has 0 aliphatic carbocycles. The molecule has 2 heterocycles. The first-order valence-corrected chi connectivity index (χ1v) is 9.39. The molecule has 5 heteroatoms. The molecule has 0 spiro atoms. The largest absolute Gasteiger partial charge is 0.408 e. The van der Waals surface area contributed by atoms with Crippen molar-refractivity contribution < 1.29 is 4.84 Å². The number of piperidine rings is 1. The van der Waals surface area contributed by atoms with Crippen LogP contribution in [0.2, 0.25) is 0 Å². The van der Waals surface area contributed by atoms with Gasteiger partial charge in [0.05, 0.1) is 17.1 Å². The Kier molecular flexibility index (Phi) is 4.91. The van der Waals surface area contributed by atoms with E-state index in [0.717, 1.165) is 48.4 Å². The van der Waals surface area contributed by atoms with Gasteiger partial charge in [0, 0.05) is 12.6 Å². The predicted molar refractivity (Wildman–Crippen MR) is 104 cm³/mol. The Morgan fingerprint density at radius 3 is 2.96 bits per heavy atom. The zero-order valence-corrected chi connectivity index (χ0v) is 15.4. The molecule has 1 saturated heterocycles. The summed E-state index contributed by atoms with van der Waals surface area (Å²) in [5.41, 5.74) is 6.68. The number of aryl methyl sites for hydroxylation is 1.